The fourth-order valence-corrected chi connectivity index (χ4v) is 6.27. The second-order valence-electron chi connectivity index (χ2n) is 11.2. The summed E-state index contributed by atoms with van der Waals surface area (Å²) in [6, 6.07) is 19.3. The van der Waals surface area contributed by atoms with Gasteiger partial charge in [0.1, 0.15) is 35.9 Å². The van der Waals surface area contributed by atoms with Crippen LogP contribution in [0.3, 0.4) is 0 Å². The minimum Gasteiger partial charge on any atom is -0.489 e. The number of hydrogen-bond donors (Lipinski definition) is 2. The summed E-state index contributed by atoms with van der Waals surface area (Å²) in [7, 11) is 0. The van der Waals surface area contributed by atoms with Gasteiger partial charge < -0.3 is 20.1 Å². The molecule has 0 spiro atoms. The second kappa shape index (κ2) is 11.8. The van der Waals surface area contributed by atoms with Gasteiger partial charge in [0.25, 0.3) is 0 Å². The summed E-state index contributed by atoms with van der Waals surface area (Å²) in [5, 5.41) is 15.7. The number of hydrogen-bond acceptors (Lipinski definition) is 6. The maximum absolute atomic E-state index is 14.9. The van der Waals surface area contributed by atoms with E-state index in [1.165, 1.54) is 23.2 Å². The number of alkyl halides is 1. The number of ether oxygens (including phenoxy) is 1. The fourth-order valence-electron chi connectivity index (χ4n) is 6.27. The number of pyridine rings is 1. The molecular formula is C32H32FN5O5. The van der Waals surface area contributed by atoms with Crippen LogP contribution in [-0.4, -0.2) is 61.4 Å². The number of nitrogens with zero attached hydrogens (tertiary/aromatic N) is 4. The third-order valence-electron chi connectivity index (χ3n) is 8.44. The molecule has 43 heavy (non-hydrogen) atoms. The van der Waals surface area contributed by atoms with Crippen LogP contribution in [0.5, 0.6) is 5.75 Å². The Kier molecular flexibility index (Phi) is 7.79. The smallest absolute Gasteiger partial charge is 0.432 e. The molecule has 6 rings (SSSR count). The van der Waals surface area contributed by atoms with E-state index >= 15 is 0 Å². The van der Waals surface area contributed by atoms with Crippen molar-refractivity contribution in [3.05, 3.63) is 84.1 Å². The molecule has 10 nitrogen and oxygen atoms in total. The molecule has 1 aliphatic carbocycles. The standard InChI is InChI=1S/C32H32FN5O5/c33-23-17-27(29(39)36-28-14-13-26-25(35-28)18-34-38(26)31(41)42)37(19-23)30(40)32(15-5-2-6-16-32)22-9-11-24(12-10-22)43-20-21-7-3-1-4-8-21/h1,3-4,7-14,18,23,27H,2,5-6,15-17,19-20H2,(H,41,42)(H,35,36,39)/t23-,27-/m1/s1. The number of rotatable bonds is 7. The Morgan fingerprint density at radius 3 is 2.47 bits per heavy atom. The average Bonchev–Trinajstić information content (AvgIpc) is 3.64. The van der Waals surface area contributed by atoms with Crippen molar-refractivity contribution in [2.45, 2.75) is 62.8 Å². The molecule has 1 aliphatic heterocycles. The lowest BCUT2D eigenvalue weighted by atomic mass is 9.68. The van der Waals surface area contributed by atoms with E-state index in [0.29, 0.717) is 25.2 Å². The van der Waals surface area contributed by atoms with Crippen LogP contribution in [0.1, 0.15) is 49.7 Å². The lowest BCUT2D eigenvalue weighted by Crippen LogP contribution is -2.52. The van der Waals surface area contributed by atoms with Gasteiger partial charge in [-0.15, -0.1) is 0 Å². The van der Waals surface area contributed by atoms with E-state index in [4.69, 9.17) is 4.74 Å². The summed E-state index contributed by atoms with van der Waals surface area (Å²) in [6.45, 7) is 0.269. The molecule has 2 aromatic heterocycles. The molecule has 11 heteroatoms. The van der Waals surface area contributed by atoms with Crippen molar-refractivity contribution in [1.29, 1.82) is 0 Å². The molecule has 3 heterocycles. The number of carbonyl (C=O) groups is 3. The van der Waals surface area contributed by atoms with Gasteiger partial charge in [-0.25, -0.2) is 14.2 Å². The van der Waals surface area contributed by atoms with Crippen molar-refractivity contribution in [2.75, 3.05) is 11.9 Å². The number of benzene rings is 2. The van der Waals surface area contributed by atoms with Crippen molar-refractivity contribution < 1.29 is 28.6 Å². The third kappa shape index (κ3) is 5.67. The Bertz CT molecular complexity index is 1640. The Morgan fingerprint density at radius 1 is 1.00 bits per heavy atom. The molecule has 1 saturated heterocycles. The minimum atomic E-state index is -1.33. The molecule has 2 aliphatic rings. The number of halogens is 1. The number of amides is 2. The predicted molar refractivity (Wildman–Crippen MR) is 157 cm³/mol. The molecule has 2 amide bonds. The number of carboxylic acid groups (broad SMARTS) is 1. The van der Waals surface area contributed by atoms with Crippen molar-refractivity contribution in [3.63, 3.8) is 0 Å². The number of nitrogens with one attached hydrogen (secondary N) is 1. The average molecular weight is 586 g/mol. The number of likely N-dealkylation sites (tertiary alicyclic amines) is 1. The van der Waals surface area contributed by atoms with Crippen LogP contribution in [0, 0.1) is 0 Å². The molecule has 1 saturated carbocycles. The third-order valence-corrected chi connectivity index (χ3v) is 8.44. The van der Waals surface area contributed by atoms with Crippen molar-refractivity contribution >= 4 is 34.8 Å². The van der Waals surface area contributed by atoms with Gasteiger partial charge in [0, 0.05) is 6.42 Å². The first-order chi connectivity index (χ1) is 20.8. The van der Waals surface area contributed by atoms with E-state index in [2.05, 4.69) is 15.4 Å². The number of aromatic nitrogens is 3. The van der Waals surface area contributed by atoms with Crippen LogP contribution in [0.2, 0.25) is 0 Å². The first-order valence-corrected chi connectivity index (χ1v) is 14.5. The van der Waals surface area contributed by atoms with Crippen LogP contribution in [0.15, 0.2) is 72.9 Å². The van der Waals surface area contributed by atoms with Crippen LogP contribution < -0.4 is 10.1 Å². The van der Waals surface area contributed by atoms with E-state index in [-0.39, 0.29) is 35.7 Å². The van der Waals surface area contributed by atoms with Gasteiger partial charge in [-0.3, -0.25) is 9.59 Å². The van der Waals surface area contributed by atoms with E-state index in [0.717, 1.165) is 35.1 Å². The van der Waals surface area contributed by atoms with Crippen LogP contribution in [0.4, 0.5) is 15.0 Å². The number of carbonyl (C=O) groups excluding carboxylic acids is 2. The highest BCUT2D eigenvalue weighted by molar-refractivity contribution is 5.99. The molecule has 222 valence electrons. The maximum atomic E-state index is 14.9. The maximum Gasteiger partial charge on any atom is 0.432 e. The van der Waals surface area contributed by atoms with Crippen molar-refractivity contribution in [3.8, 4) is 5.75 Å². The molecule has 0 bridgehead atoms. The first kappa shape index (κ1) is 28.3. The summed E-state index contributed by atoms with van der Waals surface area (Å²) < 4.78 is 21.6. The molecule has 2 aromatic carbocycles. The molecule has 4 aromatic rings. The molecule has 0 unspecified atom stereocenters. The lowest BCUT2D eigenvalue weighted by molar-refractivity contribution is -0.143. The second-order valence-corrected chi connectivity index (χ2v) is 11.2. The zero-order valence-electron chi connectivity index (χ0n) is 23.5. The van der Waals surface area contributed by atoms with Crippen molar-refractivity contribution in [1.82, 2.24) is 19.7 Å². The van der Waals surface area contributed by atoms with Gasteiger partial charge in [0.15, 0.2) is 0 Å². The van der Waals surface area contributed by atoms with Gasteiger partial charge >= 0.3 is 6.09 Å². The highest BCUT2D eigenvalue weighted by Gasteiger charge is 2.49. The van der Waals surface area contributed by atoms with E-state index in [1.807, 2.05) is 54.6 Å². The lowest BCUT2D eigenvalue weighted by Gasteiger charge is -2.40. The van der Waals surface area contributed by atoms with Gasteiger partial charge in [0.2, 0.25) is 11.8 Å². The Balaban J connectivity index is 1.21. The number of fused-ring (bicyclic) bond motifs is 1. The molecule has 2 N–H and O–H groups in total. The summed E-state index contributed by atoms with van der Waals surface area (Å²) in [6.07, 6.45) is 2.53. The minimum absolute atomic E-state index is 0.112. The van der Waals surface area contributed by atoms with E-state index in [1.54, 1.807) is 0 Å². The van der Waals surface area contributed by atoms with Gasteiger partial charge in [-0.2, -0.15) is 9.78 Å². The van der Waals surface area contributed by atoms with Crippen LogP contribution >= 0.6 is 0 Å². The highest BCUT2D eigenvalue weighted by Crippen LogP contribution is 2.43. The topological polar surface area (TPSA) is 127 Å². The normalized spacial score (nSPS) is 19.7. The largest absolute Gasteiger partial charge is 0.489 e. The molecular weight excluding hydrogens is 553 g/mol. The zero-order valence-corrected chi connectivity index (χ0v) is 23.5. The monoisotopic (exact) mass is 585 g/mol. The Hall–Kier alpha value is -4.80. The first-order valence-electron chi connectivity index (χ1n) is 14.5. The van der Waals surface area contributed by atoms with E-state index in [9.17, 15) is 23.9 Å². The summed E-state index contributed by atoms with van der Waals surface area (Å²) >= 11 is 0. The molecule has 2 fully saturated rings. The Morgan fingerprint density at radius 2 is 1.74 bits per heavy atom. The SMILES string of the molecule is O=C(Nc1ccc2c(cnn2C(=O)O)n1)[C@H]1C[C@@H](F)CN1C(=O)C1(c2ccc(OCc3ccccc3)cc2)CCCCC1. The zero-order chi connectivity index (χ0) is 30.0. The predicted octanol–water partition coefficient (Wildman–Crippen LogP) is 5.32. The van der Waals surface area contributed by atoms with Gasteiger partial charge in [0.05, 0.1) is 23.7 Å². The highest BCUT2D eigenvalue weighted by atomic mass is 19.1. The number of anilines is 1. The summed E-state index contributed by atoms with van der Waals surface area (Å²) in [5.41, 5.74) is 1.58. The van der Waals surface area contributed by atoms with Crippen LogP contribution in [0.25, 0.3) is 11.0 Å². The summed E-state index contributed by atoms with van der Waals surface area (Å²) in [4.78, 5) is 44.8. The van der Waals surface area contributed by atoms with E-state index < -0.39 is 29.6 Å². The molecule has 0 radical (unpaired) electrons. The quantitative estimate of drug-likeness (QED) is 0.301. The summed E-state index contributed by atoms with van der Waals surface area (Å²) in [5.74, 6) is 0.0699. The van der Waals surface area contributed by atoms with Crippen LogP contribution in [-0.2, 0) is 21.6 Å². The van der Waals surface area contributed by atoms with Gasteiger partial charge in [-0.1, -0.05) is 61.7 Å². The Labute approximate surface area is 247 Å². The van der Waals surface area contributed by atoms with Gasteiger partial charge in [-0.05, 0) is 48.2 Å². The van der Waals surface area contributed by atoms with Crippen molar-refractivity contribution in [2.24, 2.45) is 0 Å². The molecule has 2 atom stereocenters. The fraction of sp³-hybridized carbons (Fsp3) is 0.344.